The van der Waals surface area contributed by atoms with Crippen molar-refractivity contribution in [2.24, 2.45) is 0 Å². The molecule has 10 heteroatoms. The van der Waals surface area contributed by atoms with Crippen molar-refractivity contribution in [2.75, 3.05) is 31.6 Å². The van der Waals surface area contributed by atoms with Gasteiger partial charge in [-0.05, 0) is 57.4 Å². The fourth-order valence-electron chi connectivity index (χ4n) is 4.44. The van der Waals surface area contributed by atoms with Gasteiger partial charge in [-0.2, -0.15) is 0 Å². The summed E-state index contributed by atoms with van der Waals surface area (Å²) in [6.07, 6.45) is 0.0265. The predicted octanol–water partition coefficient (Wildman–Crippen LogP) is 4.77. The molecule has 1 fully saturated rings. The molecule has 2 heterocycles. The Balaban J connectivity index is 1.41. The maximum Gasteiger partial charge on any atom is 0.415 e. The summed E-state index contributed by atoms with van der Waals surface area (Å²) in [4.78, 5) is 29.9. The molecule has 1 saturated heterocycles. The number of anilines is 1. The molecule has 2 aliphatic heterocycles. The second kappa shape index (κ2) is 11.1. The highest BCUT2D eigenvalue weighted by Crippen LogP contribution is 2.41. The van der Waals surface area contributed by atoms with Crippen LogP contribution in [0.2, 0.25) is 5.02 Å². The van der Waals surface area contributed by atoms with Crippen molar-refractivity contribution in [1.29, 1.82) is 0 Å². The first kappa shape index (κ1) is 27.0. The van der Waals surface area contributed by atoms with Gasteiger partial charge in [0.05, 0.1) is 24.4 Å². The van der Waals surface area contributed by atoms with Crippen LogP contribution in [0.5, 0.6) is 11.5 Å². The lowest BCUT2D eigenvalue weighted by Gasteiger charge is -2.37. The van der Waals surface area contributed by atoms with E-state index < -0.39 is 17.8 Å². The minimum absolute atomic E-state index is 0.0141. The average molecular weight is 534 g/mol. The molecule has 1 N–H and O–H groups in total. The van der Waals surface area contributed by atoms with Gasteiger partial charge in [0, 0.05) is 31.7 Å². The number of likely N-dealkylation sites (tertiary alicyclic amines) is 1. The molecule has 37 heavy (non-hydrogen) atoms. The zero-order chi connectivity index (χ0) is 26.7. The molecule has 0 aliphatic carbocycles. The molecule has 4 rings (SSSR count). The highest BCUT2D eigenvalue weighted by Gasteiger charge is 2.37. The van der Waals surface area contributed by atoms with E-state index in [9.17, 15) is 14.0 Å². The van der Waals surface area contributed by atoms with Gasteiger partial charge in [0.2, 0.25) is 0 Å². The molecule has 2 amide bonds. The Morgan fingerprint density at radius 1 is 1.16 bits per heavy atom. The molecule has 1 atom stereocenters. The van der Waals surface area contributed by atoms with Crippen LogP contribution in [0.25, 0.3) is 0 Å². The van der Waals surface area contributed by atoms with Crippen molar-refractivity contribution in [2.45, 2.75) is 57.9 Å². The van der Waals surface area contributed by atoms with Gasteiger partial charge in [0.15, 0.2) is 6.10 Å². The molecule has 200 valence electrons. The summed E-state index contributed by atoms with van der Waals surface area (Å²) >= 11 is 6.30. The van der Waals surface area contributed by atoms with Crippen LogP contribution in [0.15, 0.2) is 36.4 Å². The zero-order valence-corrected chi connectivity index (χ0v) is 22.3. The molecule has 8 nitrogen and oxygen atoms in total. The lowest BCUT2D eigenvalue weighted by atomic mass is 10.0. The number of ether oxygens (including phenoxy) is 3. The van der Waals surface area contributed by atoms with Crippen LogP contribution in [-0.4, -0.2) is 61.4 Å². The molecule has 0 saturated carbocycles. The van der Waals surface area contributed by atoms with E-state index >= 15 is 0 Å². The molecule has 2 aromatic rings. The van der Waals surface area contributed by atoms with E-state index in [-0.39, 0.29) is 24.3 Å². The zero-order valence-electron chi connectivity index (χ0n) is 21.6. The number of hydrogen-bond donors (Lipinski definition) is 1. The summed E-state index contributed by atoms with van der Waals surface area (Å²) < 4.78 is 30.0. The SMILES string of the molecule is COc1cc2c(cc1Cl)N(C(=O)OC(C)(C)C)CC(C(=O)NC1CCN(Cc3ccc(F)cc3)CC1)O2. The first-order chi connectivity index (χ1) is 17.5. The van der Waals surface area contributed by atoms with Crippen molar-refractivity contribution in [3.8, 4) is 11.5 Å². The third-order valence-electron chi connectivity index (χ3n) is 6.30. The highest BCUT2D eigenvalue weighted by atomic mass is 35.5. The summed E-state index contributed by atoms with van der Waals surface area (Å²) in [6.45, 7) is 7.66. The fraction of sp³-hybridized carbons (Fsp3) is 0.481. The van der Waals surface area contributed by atoms with E-state index in [1.807, 2.05) is 0 Å². The number of nitrogens with one attached hydrogen (secondary N) is 1. The van der Waals surface area contributed by atoms with Gasteiger partial charge in [0.25, 0.3) is 5.91 Å². The number of fused-ring (bicyclic) bond motifs is 1. The molecule has 0 radical (unpaired) electrons. The molecule has 2 aliphatic rings. The van der Waals surface area contributed by atoms with Gasteiger partial charge in [-0.1, -0.05) is 23.7 Å². The topological polar surface area (TPSA) is 80.3 Å². The Labute approximate surface area is 221 Å². The van der Waals surface area contributed by atoms with Crippen molar-refractivity contribution in [3.63, 3.8) is 0 Å². The smallest absolute Gasteiger partial charge is 0.415 e. The molecule has 1 unspecified atom stereocenters. The third-order valence-corrected chi connectivity index (χ3v) is 6.60. The monoisotopic (exact) mass is 533 g/mol. The van der Waals surface area contributed by atoms with Crippen LogP contribution < -0.4 is 19.7 Å². The van der Waals surface area contributed by atoms with E-state index in [1.165, 1.54) is 24.1 Å². The van der Waals surface area contributed by atoms with Crippen molar-refractivity contribution in [3.05, 3.63) is 52.8 Å². The minimum Gasteiger partial charge on any atom is -0.495 e. The number of piperidine rings is 1. The van der Waals surface area contributed by atoms with Gasteiger partial charge < -0.3 is 19.5 Å². The van der Waals surface area contributed by atoms with Crippen LogP contribution >= 0.6 is 11.6 Å². The first-order valence-electron chi connectivity index (χ1n) is 12.3. The van der Waals surface area contributed by atoms with Gasteiger partial charge in [0.1, 0.15) is 22.9 Å². The summed E-state index contributed by atoms with van der Waals surface area (Å²) in [5.41, 5.74) is 0.750. The summed E-state index contributed by atoms with van der Waals surface area (Å²) in [6, 6.07) is 9.65. The van der Waals surface area contributed by atoms with E-state index in [1.54, 1.807) is 45.0 Å². The number of amides is 2. The number of methoxy groups -OCH3 is 1. The van der Waals surface area contributed by atoms with Crippen molar-refractivity contribution < 1.29 is 28.2 Å². The Kier molecular flexibility index (Phi) is 8.14. The van der Waals surface area contributed by atoms with Gasteiger partial charge >= 0.3 is 6.09 Å². The Morgan fingerprint density at radius 3 is 2.46 bits per heavy atom. The first-order valence-corrected chi connectivity index (χ1v) is 12.7. The van der Waals surface area contributed by atoms with Gasteiger partial charge in [-0.3, -0.25) is 14.6 Å². The number of nitrogens with zero attached hydrogens (tertiary/aromatic N) is 2. The van der Waals surface area contributed by atoms with E-state index in [0.29, 0.717) is 22.2 Å². The van der Waals surface area contributed by atoms with Crippen molar-refractivity contribution in [1.82, 2.24) is 10.2 Å². The summed E-state index contributed by atoms with van der Waals surface area (Å²) in [7, 11) is 1.48. The van der Waals surface area contributed by atoms with Crippen LogP contribution in [-0.2, 0) is 16.1 Å². The third kappa shape index (κ3) is 6.84. The number of hydrogen-bond acceptors (Lipinski definition) is 6. The van der Waals surface area contributed by atoms with E-state index in [0.717, 1.165) is 38.0 Å². The number of benzene rings is 2. The number of rotatable bonds is 5. The average Bonchev–Trinajstić information content (AvgIpc) is 2.84. The molecule has 0 bridgehead atoms. The molecular formula is C27H33ClFN3O5. The molecule has 0 spiro atoms. The van der Waals surface area contributed by atoms with Crippen LogP contribution in [0, 0.1) is 5.82 Å². The summed E-state index contributed by atoms with van der Waals surface area (Å²) in [5, 5.41) is 3.40. The maximum absolute atomic E-state index is 13.2. The maximum atomic E-state index is 13.2. The second-order valence-corrected chi connectivity index (χ2v) is 10.7. The minimum atomic E-state index is -0.928. The Morgan fingerprint density at radius 2 is 1.84 bits per heavy atom. The van der Waals surface area contributed by atoms with Crippen LogP contribution in [0.3, 0.4) is 0 Å². The lowest BCUT2D eigenvalue weighted by molar-refractivity contribution is -0.128. The normalized spacial score (nSPS) is 18.5. The number of carbonyl (C=O) groups excluding carboxylic acids is 2. The molecule has 0 aromatic heterocycles. The van der Waals surface area contributed by atoms with Crippen LogP contribution in [0.1, 0.15) is 39.2 Å². The number of carbonyl (C=O) groups is 2. The predicted molar refractivity (Wildman–Crippen MR) is 139 cm³/mol. The van der Waals surface area contributed by atoms with Gasteiger partial charge in [-0.25, -0.2) is 9.18 Å². The van der Waals surface area contributed by atoms with E-state index in [2.05, 4.69) is 10.2 Å². The second-order valence-electron chi connectivity index (χ2n) is 10.3. The Bertz CT molecular complexity index is 1130. The molecular weight excluding hydrogens is 501 g/mol. The lowest BCUT2D eigenvalue weighted by Crippen LogP contribution is -2.54. The van der Waals surface area contributed by atoms with Gasteiger partial charge in [-0.15, -0.1) is 0 Å². The standard InChI is InChI=1S/C27H33ClFN3O5/c1-27(2,3)37-26(34)32-16-24(36-23-14-22(35-4)20(28)13-21(23)32)25(33)30-19-9-11-31(12-10-19)15-17-5-7-18(29)8-6-17/h5-8,13-14,19,24H,9-12,15-16H2,1-4H3,(H,30,33). The quantitative estimate of drug-likeness (QED) is 0.596. The fourth-order valence-corrected chi connectivity index (χ4v) is 4.68. The molecule has 2 aromatic carbocycles. The Hall–Kier alpha value is -3.04. The van der Waals surface area contributed by atoms with Crippen molar-refractivity contribution >= 4 is 29.3 Å². The number of halogens is 2. The largest absolute Gasteiger partial charge is 0.495 e. The van der Waals surface area contributed by atoms with E-state index in [4.69, 9.17) is 25.8 Å². The van der Waals surface area contributed by atoms with Crippen LogP contribution in [0.4, 0.5) is 14.9 Å². The summed E-state index contributed by atoms with van der Waals surface area (Å²) in [5.74, 6) is 0.140. The highest BCUT2D eigenvalue weighted by molar-refractivity contribution is 6.32.